The minimum Gasteiger partial charge on any atom is -0.338 e. The molecule has 168 valence electrons. The average molecular weight is 435 g/mol. The largest absolute Gasteiger partial charge is 0.338 e. The first-order chi connectivity index (χ1) is 15.6. The highest BCUT2D eigenvalue weighted by Crippen LogP contribution is 2.45. The number of fused-ring (bicyclic) bond motifs is 7. The monoisotopic (exact) mass is 434 g/mol. The van der Waals surface area contributed by atoms with Crippen molar-refractivity contribution < 1.29 is 9.72 Å². The quantitative estimate of drug-likeness (QED) is 0.416. The van der Waals surface area contributed by atoms with Gasteiger partial charge in [0.2, 0.25) is 5.91 Å². The molecule has 2 aromatic rings. The van der Waals surface area contributed by atoms with Crippen LogP contribution in [0.2, 0.25) is 0 Å². The molecule has 4 heterocycles. The molecule has 0 N–H and O–H groups in total. The molecule has 6 rings (SSSR count). The van der Waals surface area contributed by atoms with Gasteiger partial charge in [-0.1, -0.05) is 24.1 Å². The second kappa shape index (κ2) is 7.73. The lowest BCUT2D eigenvalue weighted by Crippen LogP contribution is -2.60. The molecule has 0 unspecified atom stereocenters. The van der Waals surface area contributed by atoms with Gasteiger partial charge >= 0.3 is 0 Å². The van der Waals surface area contributed by atoms with Gasteiger partial charge in [0, 0.05) is 31.4 Å². The summed E-state index contributed by atoms with van der Waals surface area (Å²) in [5.74, 6) is 1.31. The normalized spacial score (nSPS) is 29.9. The minimum absolute atomic E-state index is 0.0912. The molecule has 7 nitrogen and oxygen atoms in total. The Morgan fingerprint density at radius 3 is 2.94 bits per heavy atom. The molecule has 3 fully saturated rings. The molecule has 3 aliphatic heterocycles. The van der Waals surface area contributed by atoms with E-state index < -0.39 is 0 Å². The van der Waals surface area contributed by atoms with Crippen LogP contribution in [0.5, 0.6) is 0 Å². The van der Waals surface area contributed by atoms with Gasteiger partial charge in [-0.3, -0.25) is 19.8 Å². The van der Waals surface area contributed by atoms with Gasteiger partial charge in [0.1, 0.15) is 6.54 Å². The fourth-order valence-electron chi connectivity index (χ4n) is 6.99. The standard InChI is InChI=1S/C25H30N4O3/c30-24(16-27-12-9-20-22(27)7-3-8-23(20)29(31)32)28-11-4-5-17-13-18-14-19(25(17)28)15-26-10-2-1-6-21(18)26/h3,7-9,12-13,18-19,21,25H,1-2,4-6,10-11,14-16H2/t18-,19-,21+,25-/m0/s1. The van der Waals surface area contributed by atoms with Gasteiger partial charge in [-0.15, -0.1) is 0 Å². The summed E-state index contributed by atoms with van der Waals surface area (Å²) in [6.07, 6.45) is 11.7. The maximum absolute atomic E-state index is 13.6. The molecule has 7 heteroatoms. The van der Waals surface area contributed by atoms with Crippen LogP contribution in [0.3, 0.4) is 0 Å². The van der Waals surface area contributed by atoms with Gasteiger partial charge in [-0.05, 0) is 62.6 Å². The lowest BCUT2D eigenvalue weighted by molar-refractivity contribution is -0.383. The molecule has 4 aliphatic rings. The fraction of sp³-hybridized carbons (Fsp3) is 0.560. The predicted octanol–water partition coefficient (Wildman–Crippen LogP) is 3.97. The first kappa shape index (κ1) is 20.0. The summed E-state index contributed by atoms with van der Waals surface area (Å²) in [5.41, 5.74) is 2.33. The highest BCUT2D eigenvalue weighted by molar-refractivity contribution is 5.90. The molecule has 0 radical (unpaired) electrons. The van der Waals surface area contributed by atoms with Crippen molar-refractivity contribution in [3.05, 3.63) is 52.2 Å². The molecular formula is C25H30N4O3. The second-order valence-electron chi connectivity index (χ2n) is 10.0. The number of non-ortho nitro benzene ring substituents is 1. The van der Waals surface area contributed by atoms with Crippen LogP contribution in [0.25, 0.3) is 10.9 Å². The van der Waals surface area contributed by atoms with Gasteiger partial charge in [-0.2, -0.15) is 0 Å². The van der Waals surface area contributed by atoms with Crippen LogP contribution < -0.4 is 0 Å². The molecule has 1 aromatic carbocycles. The Balaban J connectivity index is 1.27. The molecule has 0 saturated carbocycles. The molecule has 32 heavy (non-hydrogen) atoms. The van der Waals surface area contributed by atoms with Crippen LogP contribution in [0.15, 0.2) is 42.1 Å². The van der Waals surface area contributed by atoms with Gasteiger partial charge in [-0.25, -0.2) is 0 Å². The number of nitro groups is 1. The topological polar surface area (TPSA) is 71.6 Å². The highest BCUT2D eigenvalue weighted by Gasteiger charge is 2.46. The summed E-state index contributed by atoms with van der Waals surface area (Å²) < 4.78 is 1.87. The van der Waals surface area contributed by atoms with Crippen LogP contribution in [0, 0.1) is 22.0 Å². The van der Waals surface area contributed by atoms with E-state index in [1.165, 1.54) is 43.9 Å². The Hall–Kier alpha value is -2.67. The van der Waals surface area contributed by atoms with E-state index in [1.54, 1.807) is 12.1 Å². The van der Waals surface area contributed by atoms with E-state index >= 15 is 0 Å². The number of nitrogens with zero attached hydrogens (tertiary/aromatic N) is 4. The number of carbonyl (C=O) groups is 1. The van der Waals surface area contributed by atoms with E-state index in [4.69, 9.17) is 0 Å². The number of hydrogen-bond acceptors (Lipinski definition) is 4. The molecular weight excluding hydrogens is 404 g/mol. The fourth-order valence-corrected chi connectivity index (χ4v) is 6.99. The molecule has 0 spiro atoms. The Morgan fingerprint density at radius 1 is 1.16 bits per heavy atom. The first-order valence-electron chi connectivity index (χ1n) is 12.1. The number of nitro benzene ring substituents is 1. The van der Waals surface area contributed by atoms with E-state index in [1.807, 2.05) is 16.8 Å². The molecule has 3 saturated heterocycles. The van der Waals surface area contributed by atoms with E-state index in [0.717, 1.165) is 31.4 Å². The van der Waals surface area contributed by atoms with Crippen LogP contribution >= 0.6 is 0 Å². The third-order valence-electron chi connectivity index (χ3n) is 8.27. The van der Waals surface area contributed by atoms with Crippen molar-refractivity contribution >= 4 is 22.5 Å². The molecule has 2 bridgehead atoms. The van der Waals surface area contributed by atoms with E-state index in [0.29, 0.717) is 23.3 Å². The number of piperidine rings is 3. The lowest BCUT2D eigenvalue weighted by Gasteiger charge is -2.54. The molecule has 4 atom stereocenters. The Bertz CT molecular complexity index is 1110. The Kier molecular flexibility index (Phi) is 4.82. The van der Waals surface area contributed by atoms with E-state index in [9.17, 15) is 14.9 Å². The van der Waals surface area contributed by atoms with Gasteiger partial charge in [0.15, 0.2) is 0 Å². The third-order valence-corrected chi connectivity index (χ3v) is 8.27. The number of aromatic nitrogens is 1. The summed E-state index contributed by atoms with van der Waals surface area (Å²) in [5, 5.41) is 12.0. The van der Waals surface area contributed by atoms with Crippen molar-refractivity contribution in [3.8, 4) is 0 Å². The van der Waals surface area contributed by atoms with Crippen molar-refractivity contribution in [3.63, 3.8) is 0 Å². The van der Waals surface area contributed by atoms with Crippen LogP contribution in [0.4, 0.5) is 5.69 Å². The van der Waals surface area contributed by atoms with Crippen molar-refractivity contribution in [1.29, 1.82) is 0 Å². The van der Waals surface area contributed by atoms with Crippen LogP contribution in [0.1, 0.15) is 38.5 Å². The number of carbonyl (C=O) groups excluding carboxylic acids is 1. The summed E-state index contributed by atoms with van der Waals surface area (Å²) in [6.45, 7) is 3.36. The number of hydrogen-bond donors (Lipinski definition) is 0. The zero-order chi connectivity index (χ0) is 21.8. The second-order valence-corrected chi connectivity index (χ2v) is 10.0. The Morgan fingerprint density at radius 2 is 2.06 bits per heavy atom. The predicted molar refractivity (Wildman–Crippen MR) is 122 cm³/mol. The summed E-state index contributed by atoms with van der Waals surface area (Å²) in [6, 6.07) is 7.77. The lowest BCUT2D eigenvalue weighted by atomic mass is 9.68. The summed E-state index contributed by atoms with van der Waals surface area (Å²) >= 11 is 0. The maximum Gasteiger partial charge on any atom is 0.278 e. The Labute approximate surface area is 187 Å². The number of benzene rings is 1. The third kappa shape index (κ3) is 3.17. The zero-order valence-corrected chi connectivity index (χ0v) is 18.4. The number of rotatable bonds is 3. The molecule has 1 aromatic heterocycles. The van der Waals surface area contributed by atoms with E-state index in [-0.39, 0.29) is 29.1 Å². The van der Waals surface area contributed by atoms with Crippen molar-refractivity contribution in [2.24, 2.45) is 11.8 Å². The maximum atomic E-state index is 13.6. The van der Waals surface area contributed by atoms with Crippen LogP contribution in [-0.2, 0) is 11.3 Å². The SMILES string of the molecule is O=C(Cn1ccc2c([N+](=O)[O-])cccc21)N1CCCC2=C[C@H]3C[C@@H](CN4CCCC[C@H]34)[C@H]21. The highest BCUT2D eigenvalue weighted by atomic mass is 16.6. The van der Waals surface area contributed by atoms with Crippen molar-refractivity contribution in [2.75, 3.05) is 19.6 Å². The number of likely N-dealkylation sites (tertiary alicyclic amines) is 1. The smallest absolute Gasteiger partial charge is 0.278 e. The molecule has 1 amide bonds. The van der Waals surface area contributed by atoms with Crippen LogP contribution in [-0.4, -0.2) is 56.9 Å². The summed E-state index contributed by atoms with van der Waals surface area (Å²) in [7, 11) is 0. The average Bonchev–Trinajstić information content (AvgIpc) is 3.21. The number of amides is 1. The summed E-state index contributed by atoms with van der Waals surface area (Å²) in [4.78, 5) is 29.4. The van der Waals surface area contributed by atoms with Crippen molar-refractivity contribution in [1.82, 2.24) is 14.4 Å². The zero-order valence-electron chi connectivity index (χ0n) is 18.4. The van der Waals surface area contributed by atoms with E-state index in [2.05, 4.69) is 15.9 Å². The van der Waals surface area contributed by atoms with Gasteiger partial charge in [0.05, 0.1) is 21.9 Å². The first-order valence-corrected chi connectivity index (χ1v) is 12.1. The molecule has 1 aliphatic carbocycles. The van der Waals surface area contributed by atoms with Crippen molar-refractivity contribution in [2.45, 2.75) is 57.2 Å². The van der Waals surface area contributed by atoms with Gasteiger partial charge in [0.25, 0.3) is 5.69 Å². The van der Waals surface area contributed by atoms with Gasteiger partial charge < -0.3 is 9.47 Å². The minimum atomic E-state index is -0.356.